The second-order valence-electron chi connectivity index (χ2n) is 5.07. The summed E-state index contributed by atoms with van der Waals surface area (Å²) in [5.74, 6) is 1.52. The Bertz CT molecular complexity index is 659. The average Bonchev–Trinajstić information content (AvgIpc) is 2.97. The Morgan fingerprint density at radius 3 is 2.86 bits per heavy atom. The van der Waals surface area contributed by atoms with Crippen molar-refractivity contribution in [1.82, 2.24) is 4.98 Å². The maximum atomic E-state index is 5.33. The van der Waals surface area contributed by atoms with Crippen LogP contribution < -0.4 is 14.9 Å². The number of aromatic nitrogens is 1. The topological polar surface area (TPSA) is 55.7 Å². The van der Waals surface area contributed by atoms with Crippen LogP contribution in [0.4, 0.5) is 5.13 Å². The molecular formula is C16H19N3O2S. The molecule has 0 aliphatic heterocycles. The minimum atomic E-state index is 0.754. The first-order valence-electron chi connectivity index (χ1n) is 7.30. The van der Waals surface area contributed by atoms with Gasteiger partial charge < -0.3 is 9.47 Å². The largest absolute Gasteiger partial charge is 0.497 e. The molecule has 1 heterocycles. The smallest absolute Gasteiger partial charge is 0.203 e. The fourth-order valence-electron chi connectivity index (χ4n) is 2.50. The summed E-state index contributed by atoms with van der Waals surface area (Å²) in [4.78, 5) is 5.99. The first-order chi connectivity index (χ1) is 10.8. The van der Waals surface area contributed by atoms with Crippen molar-refractivity contribution in [2.75, 3.05) is 19.6 Å². The molecule has 1 aliphatic rings. The summed E-state index contributed by atoms with van der Waals surface area (Å²) in [5, 5.41) is 5.13. The molecule has 0 amide bonds. The quantitative estimate of drug-likeness (QED) is 0.677. The van der Waals surface area contributed by atoms with Crippen LogP contribution in [-0.2, 0) is 12.8 Å². The number of rotatable bonds is 5. The van der Waals surface area contributed by atoms with Crippen LogP contribution in [0.25, 0.3) is 0 Å². The summed E-state index contributed by atoms with van der Waals surface area (Å²) in [6.07, 6.45) is 6.45. The maximum absolute atomic E-state index is 5.33. The first-order valence-corrected chi connectivity index (χ1v) is 8.11. The van der Waals surface area contributed by atoms with Gasteiger partial charge in [0.05, 0.1) is 26.1 Å². The number of hydrogen-bond acceptors (Lipinski definition) is 6. The molecule has 0 radical (unpaired) electrons. The highest BCUT2D eigenvalue weighted by Crippen LogP contribution is 2.29. The van der Waals surface area contributed by atoms with Crippen molar-refractivity contribution in [3.05, 3.63) is 34.3 Å². The van der Waals surface area contributed by atoms with Crippen molar-refractivity contribution >= 4 is 22.7 Å². The summed E-state index contributed by atoms with van der Waals surface area (Å²) >= 11 is 1.70. The minimum Gasteiger partial charge on any atom is -0.497 e. The lowest BCUT2D eigenvalue weighted by Crippen LogP contribution is -1.99. The van der Waals surface area contributed by atoms with E-state index in [0.29, 0.717) is 0 Å². The predicted molar refractivity (Wildman–Crippen MR) is 89.5 cm³/mol. The predicted octanol–water partition coefficient (Wildman–Crippen LogP) is 3.49. The lowest BCUT2D eigenvalue weighted by Gasteiger charge is -2.06. The molecule has 0 bridgehead atoms. The number of nitrogens with zero attached hydrogens (tertiary/aromatic N) is 2. The van der Waals surface area contributed by atoms with Crippen LogP contribution in [0.3, 0.4) is 0 Å². The molecule has 0 saturated heterocycles. The van der Waals surface area contributed by atoms with Gasteiger partial charge in [-0.2, -0.15) is 5.10 Å². The SMILES string of the molecule is COc1ccc(OC)c(/C=N\Nc2nc3c(s2)CCCC3)c1. The van der Waals surface area contributed by atoms with Crippen molar-refractivity contribution in [2.24, 2.45) is 5.10 Å². The second-order valence-corrected chi connectivity index (χ2v) is 6.16. The van der Waals surface area contributed by atoms with Crippen molar-refractivity contribution in [2.45, 2.75) is 25.7 Å². The van der Waals surface area contributed by atoms with Crippen LogP contribution in [0.1, 0.15) is 29.0 Å². The van der Waals surface area contributed by atoms with Gasteiger partial charge in [0.1, 0.15) is 11.5 Å². The van der Waals surface area contributed by atoms with Crippen LogP contribution in [0.5, 0.6) is 11.5 Å². The molecular weight excluding hydrogens is 298 g/mol. The minimum absolute atomic E-state index is 0.754. The van der Waals surface area contributed by atoms with Gasteiger partial charge in [0.25, 0.3) is 0 Å². The average molecular weight is 317 g/mol. The normalized spacial score (nSPS) is 13.9. The molecule has 1 N–H and O–H groups in total. The summed E-state index contributed by atoms with van der Waals surface area (Å²) in [7, 11) is 3.28. The van der Waals surface area contributed by atoms with E-state index >= 15 is 0 Å². The highest BCUT2D eigenvalue weighted by molar-refractivity contribution is 7.15. The third-order valence-corrected chi connectivity index (χ3v) is 4.71. The van der Waals surface area contributed by atoms with E-state index in [1.165, 1.54) is 23.4 Å². The van der Waals surface area contributed by atoms with Gasteiger partial charge in [0.15, 0.2) is 0 Å². The zero-order chi connectivity index (χ0) is 15.4. The second kappa shape index (κ2) is 6.79. The van der Waals surface area contributed by atoms with Gasteiger partial charge in [0, 0.05) is 10.4 Å². The lowest BCUT2D eigenvalue weighted by atomic mass is 10.0. The molecule has 116 valence electrons. The molecule has 22 heavy (non-hydrogen) atoms. The van der Waals surface area contributed by atoms with E-state index in [-0.39, 0.29) is 0 Å². The Labute approximate surface area is 134 Å². The molecule has 0 atom stereocenters. The number of hydrogen-bond donors (Lipinski definition) is 1. The number of hydrazone groups is 1. The molecule has 0 unspecified atom stereocenters. The van der Waals surface area contributed by atoms with E-state index in [1.54, 1.807) is 31.8 Å². The highest BCUT2D eigenvalue weighted by atomic mass is 32.1. The van der Waals surface area contributed by atoms with Gasteiger partial charge in [-0.25, -0.2) is 4.98 Å². The molecule has 2 aromatic rings. The summed E-state index contributed by atoms with van der Waals surface area (Å²) in [6, 6.07) is 5.61. The van der Waals surface area contributed by atoms with Gasteiger partial charge in [0.2, 0.25) is 5.13 Å². The van der Waals surface area contributed by atoms with E-state index in [9.17, 15) is 0 Å². The first kappa shape index (κ1) is 14.8. The Kier molecular flexibility index (Phi) is 4.58. The Hall–Kier alpha value is -2.08. The van der Waals surface area contributed by atoms with E-state index in [0.717, 1.165) is 35.0 Å². The number of anilines is 1. The standard InChI is InChI=1S/C16H19N3O2S/c1-20-12-7-8-14(21-2)11(9-12)10-17-19-16-18-13-5-3-4-6-15(13)22-16/h7-10H,3-6H2,1-2H3,(H,18,19)/b17-10-. The van der Waals surface area contributed by atoms with Gasteiger partial charge >= 0.3 is 0 Å². The van der Waals surface area contributed by atoms with Gasteiger partial charge in [-0.3, -0.25) is 5.43 Å². The molecule has 0 fully saturated rings. The third kappa shape index (κ3) is 3.22. The third-order valence-electron chi connectivity index (χ3n) is 3.65. The van der Waals surface area contributed by atoms with E-state index in [2.05, 4.69) is 15.5 Å². The molecule has 3 rings (SSSR count). The summed E-state index contributed by atoms with van der Waals surface area (Å²) < 4.78 is 10.6. The van der Waals surface area contributed by atoms with Crippen LogP contribution in [-0.4, -0.2) is 25.4 Å². The van der Waals surface area contributed by atoms with E-state index in [4.69, 9.17) is 9.47 Å². The number of nitrogens with one attached hydrogen (secondary N) is 1. The molecule has 0 saturated carbocycles. The monoisotopic (exact) mass is 317 g/mol. The van der Waals surface area contributed by atoms with Crippen molar-refractivity contribution in [1.29, 1.82) is 0 Å². The van der Waals surface area contributed by atoms with Gasteiger partial charge in [-0.15, -0.1) is 11.3 Å². The number of methoxy groups -OCH3 is 2. The molecule has 0 spiro atoms. The van der Waals surface area contributed by atoms with Crippen LogP contribution in [0.2, 0.25) is 0 Å². The Balaban J connectivity index is 1.72. The number of fused-ring (bicyclic) bond motifs is 1. The summed E-state index contributed by atoms with van der Waals surface area (Å²) in [5.41, 5.74) is 5.11. The van der Waals surface area contributed by atoms with Crippen molar-refractivity contribution in [3.8, 4) is 11.5 Å². The van der Waals surface area contributed by atoms with E-state index in [1.807, 2.05) is 18.2 Å². The van der Waals surface area contributed by atoms with Crippen LogP contribution >= 0.6 is 11.3 Å². The number of benzene rings is 1. The Morgan fingerprint density at radius 2 is 2.09 bits per heavy atom. The Morgan fingerprint density at radius 1 is 1.23 bits per heavy atom. The van der Waals surface area contributed by atoms with Crippen molar-refractivity contribution < 1.29 is 9.47 Å². The molecule has 6 heteroatoms. The highest BCUT2D eigenvalue weighted by Gasteiger charge is 2.14. The maximum Gasteiger partial charge on any atom is 0.203 e. The number of thiazole rings is 1. The van der Waals surface area contributed by atoms with E-state index < -0.39 is 0 Å². The zero-order valence-corrected chi connectivity index (χ0v) is 13.6. The number of ether oxygens (including phenoxy) is 2. The van der Waals surface area contributed by atoms with Crippen LogP contribution in [0, 0.1) is 0 Å². The molecule has 1 aliphatic carbocycles. The van der Waals surface area contributed by atoms with Gasteiger partial charge in [-0.1, -0.05) is 0 Å². The fourth-order valence-corrected chi connectivity index (χ4v) is 3.50. The lowest BCUT2D eigenvalue weighted by molar-refractivity contribution is 0.402. The summed E-state index contributed by atoms with van der Waals surface area (Å²) in [6.45, 7) is 0. The fraction of sp³-hybridized carbons (Fsp3) is 0.375. The van der Waals surface area contributed by atoms with Gasteiger partial charge in [-0.05, 0) is 43.9 Å². The zero-order valence-electron chi connectivity index (χ0n) is 12.8. The molecule has 1 aromatic carbocycles. The number of aryl methyl sites for hydroxylation is 2. The van der Waals surface area contributed by atoms with Crippen LogP contribution in [0.15, 0.2) is 23.3 Å². The molecule has 5 nitrogen and oxygen atoms in total. The molecule has 1 aromatic heterocycles. The van der Waals surface area contributed by atoms with Crippen molar-refractivity contribution in [3.63, 3.8) is 0 Å².